The minimum Gasteiger partial charge on any atom is -0.479 e. The number of carboxylic acid groups (broad SMARTS) is 1. The molecule has 3 fully saturated rings. The van der Waals surface area contributed by atoms with Crippen LogP contribution >= 0.6 is 0 Å². The second-order valence-electron chi connectivity index (χ2n) is 8.92. The number of hydrogen-bond acceptors (Lipinski definition) is 4. The molecule has 3 N–H and O–H groups in total. The van der Waals surface area contributed by atoms with Crippen LogP contribution in [0.25, 0.3) is 0 Å². The third kappa shape index (κ3) is 1.97. The fourth-order valence-corrected chi connectivity index (χ4v) is 6.68. The molecule has 0 heterocycles. The van der Waals surface area contributed by atoms with Gasteiger partial charge in [0, 0.05) is 16.7 Å². The minimum atomic E-state index is -1.76. The van der Waals surface area contributed by atoms with E-state index in [0.717, 1.165) is 18.4 Å². The predicted molar refractivity (Wildman–Crippen MR) is 90.6 cm³/mol. The van der Waals surface area contributed by atoms with Gasteiger partial charge in [0.1, 0.15) is 0 Å². The molecule has 7 atom stereocenters. The van der Waals surface area contributed by atoms with Crippen LogP contribution < -0.4 is 0 Å². The Hall–Kier alpha value is -1.46. The van der Waals surface area contributed by atoms with Crippen molar-refractivity contribution in [1.29, 1.82) is 0 Å². The first-order valence-electron chi connectivity index (χ1n) is 9.21. The van der Waals surface area contributed by atoms with E-state index in [9.17, 15) is 24.9 Å². The van der Waals surface area contributed by atoms with Crippen LogP contribution in [0.2, 0.25) is 0 Å². The average molecular weight is 346 g/mol. The molecule has 0 aromatic carbocycles. The summed E-state index contributed by atoms with van der Waals surface area (Å²) in [7, 11) is 0. The highest BCUT2D eigenvalue weighted by Gasteiger charge is 2.68. The van der Waals surface area contributed by atoms with Crippen LogP contribution in [0, 0.1) is 28.6 Å². The number of aliphatic carboxylic acids is 1. The fraction of sp³-hybridized carbons (Fsp3) is 0.700. The van der Waals surface area contributed by atoms with Crippen LogP contribution in [0.5, 0.6) is 0 Å². The Labute approximate surface area is 147 Å². The third-order valence-corrected chi connectivity index (χ3v) is 8.00. The van der Waals surface area contributed by atoms with E-state index >= 15 is 0 Å². The van der Waals surface area contributed by atoms with Gasteiger partial charge >= 0.3 is 5.97 Å². The molecule has 0 radical (unpaired) electrons. The Bertz CT molecular complexity index is 709. The number of carbonyl (C=O) groups excluding carboxylic acids is 1. The summed E-state index contributed by atoms with van der Waals surface area (Å²) < 4.78 is 0. The Balaban J connectivity index is 1.76. The molecule has 0 aromatic rings. The second kappa shape index (κ2) is 5.04. The summed E-state index contributed by atoms with van der Waals surface area (Å²) in [5.74, 6) is -0.976. The Morgan fingerprint density at radius 3 is 2.68 bits per heavy atom. The van der Waals surface area contributed by atoms with Gasteiger partial charge in [-0.3, -0.25) is 4.79 Å². The van der Waals surface area contributed by atoms with Gasteiger partial charge in [-0.15, -0.1) is 0 Å². The van der Waals surface area contributed by atoms with Gasteiger partial charge in [-0.05, 0) is 56.1 Å². The van der Waals surface area contributed by atoms with E-state index in [0.29, 0.717) is 6.42 Å². The van der Waals surface area contributed by atoms with Crippen molar-refractivity contribution in [2.75, 3.05) is 0 Å². The molecule has 0 aliphatic heterocycles. The Morgan fingerprint density at radius 2 is 2.00 bits per heavy atom. The first kappa shape index (κ1) is 17.0. The van der Waals surface area contributed by atoms with E-state index in [1.165, 1.54) is 0 Å². The maximum atomic E-state index is 11.8. The number of aliphatic hydroxyl groups is 2. The highest BCUT2D eigenvalue weighted by atomic mass is 16.4. The van der Waals surface area contributed by atoms with Crippen LogP contribution in [-0.4, -0.2) is 38.8 Å². The van der Waals surface area contributed by atoms with Gasteiger partial charge in [-0.2, -0.15) is 0 Å². The maximum Gasteiger partial charge on any atom is 0.336 e. The van der Waals surface area contributed by atoms with E-state index in [-0.39, 0.29) is 41.8 Å². The predicted octanol–water partition coefficient (Wildman–Crippen LogP) is 2.08. The van der Waals surface area contributed by atoms with Crippen molar-refractivity contribution in [2.45, 2.75) is 57.7 Å². The minimum absolute atomic E-state index is 0.00202. The smallest absolute Gasteiger partial charge is 0.336 e. The molecule has 3 saturated carbocycles. The molecule has 5 nitrogen and oxygen atoms in total. The maximum absolute atomic E-state index is 11.8. The zero-order valence-electron chi connectivity index (χ0n) is 14.7. The van der Waals surface area contributed by atoms with Crippen molar-refractivity contribution in [3.63, 3.8) is 0 Å². The molecular weight excluding hydrogens is 320 g/mol. The molecule has 0 aromatic heterocycles. The van der Waals surface area contributed by atoms with Crippen LogP contribution in [0.4, 0.5) is 0 Å². The number of ketones is 1. The molecule has 5 heteroatoms. The number of carboxylic acids is 1. The van der Waals surface area contributed by atoms with Crippen LogP contribution in [0.3, 0.4) is 0 Å². The summed E-state index contributed by atoms with van der Waals surface area (Å²) in [6.07, 6.45) is 7.37. The van der Waals surface area contributed by atoms with E-state index in [1.54, 1.807) is 12.2 Å². The molecule has 0 bridgehead atoms. The molecule has 6 unspecified atom stereocenters. The quantitative estimate of drug-likeness (QED) is 0.676. The number of aliphatic hydroxyl groups excluding tert-OH is 1. The van der Waals surface area contributed by atoms with E-state index in [4.69, 9.17) is 0 Å². The van der Waals surface area contributed by atoms with Gasteiger partial charge in [0.2, 0.25) is 0 Å². The molecule has 25 heavy (non-hydrogen) atoms. The molecule has 4 aliphatic rings. The number of carbonyl (C=O) groups is 2. The van der Waals surface area contributed by atoms with Crippen LogP contribution in [0.1, 0.15) is 46.0 Å². The average Bonchev–Trinajstić information content (AvgIpc) is 2.80. The monoisotopic (exact) mass is 346 g/mol. The zero-order chi connectivity index (χ0) is 18.2. The molecule has 0 amide bonds. The Morgan fingerprint density at radius 1 is 1.28 bits per heavy atom. The summed E-state index contributed by atoms with van der Waals surface area (Å²) in [6, 6.07) is 0. The number of fused-ring (bicyclic) bond motifs is 5. The van der Waals surface area contributed by atoms with Gasteiger partial charge in [-0.1, -0.05) is 25.5 Å². The molecule has 0 spiro atoms. The van der Waals surface area contributed by atoms with Crippen LogP contribution in [-0.2, 0) is 9.59 Å². The van der Waals surface area contributed by atoms with E-state index in [1.807, 2.05) is 13.0 Å². The van der Waals surface area contributed by atoms with Crippen molar-refractivity contribution in [3.05, 3.63) is 23.8 Å². The zero-order valence-corrected chi connectivity index (χ0v) is 14.7. The van der Waals surface area contributed by atoms with Gasteiger partial charge in [0.25, 0.3) is 0 Å². The lowest BCUT2D eigenvalue weighted by molar-refractivity contribution is -0.192. The summed E-state index contributed by atoms with van der Waals surface area (Å²) in [4.78, 5) is 23.6. The van der Waals surface area contributed by atoms with Crippen LogP contribution in [0.15, 0.2) is 23.8 Å². The summed E-state index contributed by atoms with van der Waals surface area (Å²) in [5, 5.41) is 31.6. The number of allylic oxidation sites excluding steroid dienone is 4. The SMILES string of the molecule is CC12C=CC(=O)C=C1CCC1C2C(O)CC2(C)C1CC[C@]2(O)C(=O)O. The highest BCUT2D eigenvalue weighted by Crippen LogP contribution is 2.66. The Kier molecular flexibility index (Phi) is 3.42. The lowest BCUT2D eigenvalue weighted by Crippen LogP contribution is -2.61. The first-order chi connectivity index (χ1) is 11.6. The molecular formula is C20H26O5. The molecule has 4 rings (SSSR count). The highest BCUT2D eigenvalue weighted by molar-refractivity contribution is 6.01. The topological polar surface area (TPSA) is 94.8 Å². The van der Waals surface area contributed by atoms with Crippen molar-refractivity contribution in [2.24, 2.45) is 28.6 Å². The standard InChI is InChI=1S/C20H26O5/c1-18-7-5-12(21)9-11(18)3-4-13-14-6-8-20(25,17(23)24)19(14,2)10-15(22)16(13)18/h5,7,9,13-16,22,25H,3-4,6,8,10H2,1-2H3,(H,23,24)/t13?,14?,15?,16?,18?,19?,20-/m0/s1. The third-order valence-electron chi connectivity index (χ3n) is 8.00. The van der Waals surface area contributed by atoms with Gasteiger partial charge in [-0.25, -0.2) is 4.79 Å². The second-order valence-corrected chi connectivity index (χ2v) is 8.92. The van der Waals surface area contributed by atoms with Crippen molar-refractivity contribution >= 4 is 11.8 Å². The summed E-state index contributed by atoms with van der Waals surface area (Å²) in [5.41, 5.74) is -1.86. The van der Waals surface area contributed by atoms with Crippen molar-refractivity contribution in [1.82, 2.24) is 0 Å². The number of hydrogen-bond donors (Lipinski definition) is 3. The lowest BCUT2D eigenvalue weighted by atomic mass is 9.46. The molecule has 4 aliphatic carbocycles. The van der Waals surface area contributed by atoms with Gasteiger partial charge < -0.3 is 15.3 Å². The fourth-order valence-electron chi connectivity index (χ4n) is 6.68. The molecule has 0 saturated heterocycles. The molecule has 136 valence electrons. The normalized spacial score (nSPS) is 51.4. The number of rotatable bonds is 1. The van der Waals surface area contributed by atoms with Gasteiger partial charge in [0.15, 0.2) is 11.4 Å². The summed E-state index contributed by atoms with van der Waals surface area (Å²) >= 11 is 0. The lowest BCUT2D eigenvalue weighted by Gasteiger charge is -2.59. The largest absolute Gasteiger partial charge is 0.479 e. The van der Waals surface area contributed by atoms with Crippen molar-refractivity contribution < 1.29 is 24.9 Å². The van der Waals surface area contributed by atoms with Gasteiger partial charge in [0.05, 0.1) is 6.10 Å². The first-order valence-corrected chi connectivity index (χ1v) is 9.21. The van der Waals surface area contributed by atoms with Crippen molar-refractivity contribution in [3.8, 4) is 0 Å². The van der Waals surface area contributed by atoms with E-state index in [2.05, 4.69) is 6.92 Å². The van der Waals surface area contributed by atoms with E-state index < -0.39 is 23.1 Å². The summed E-state index contributed by atoms with van der Waals surface area (Å²) in [6.45, 7) is 3.93.